The lowest BCUT2D eigenvalue weighted by atomic mass is 10.0. The van der Waals surface area contributed by atoms with E-state index in [0.717, 1.165) is 5.56 Å². The molecule has 1 N–H and O–H groups in total. The molecule has 0 unspecified atom stereocenters. The average molecular weight is 379 g/mol. The van der Waals surface area contributed by atoms with Crippen molar-refractivity contribution in [3.05, 3.63) is 35.9 Å². The van der Waals surface area contributed by atoms with E-state index in [1.165, 1.54) is 0 Å². The smallest absolute Gasteiger partial charge is 0.412 e. The largest absolute Gasteiger partial charge is 0.444 e. The highest BCUT2D eigenvalue weighted by atomic mass is 16.6. The first-order chi connectivity index (χ1) is 12.6. The minimum atomic E-state index is -0.777. The van der Waals surface area contributed by atoms with Gasteiger partial charge < -0.3 is 19.3 Å². The minimum Gasteiger partial charge on any atom is -0.444 e. The number of amides is 1. The molecule has 1 aromatic carbocycles. The molecule has 1 amide bonds. The first kappa shape index (κ1) is 21.7. The highest BCUT2D eigenvalue weighted by Gasteiger charge is 2.48. The fourth-order valence-electron chi connectivity index (χ4n) is 3.23. The van der Waals surface area contributed by atoms with Crippen LogP contribution < -0.4 is 0 Å². The topological polar surface area (TPSA) is 68.2 Å². The van der Waals surface area contributed by atoms with Crippen molar-refractivity contribution >= 4 is 6.09 Å². The summed E-state index contributed by atoms with van der Waals surface area (Å²) < 4.78 is 17.7. The lowest BCUT2D eigenvalue weighted by Gasteiger charge is -2.37. The second kappa shape index (κ2) is 9.04. The monoisotopic (exact) mass is 379 g/mol. The molecule has 0 bridgehead atoms. The molecule has 1 aliphatic heterocycles. The average Bonchev–Trinajstić information content (AvgIpc) is 2.89. The molecule has 2 rings (SSSR count). The Hall–Kier alpha value is -1.63. The van der Waals surface area contributed by atoms with Crippen LogP contribution >= 0.6 is 0 Å². The Morgan fingerprint density at radius 2 is 2.00 bits per heavy atom. The summed E-state index contributed by atoms with van der Waals surface area (Å²) >= 11 is 0. The molecule has 1 heterocycles. The maximum atomic E-state index is 12.9. The molecular formula is C21H33NO5. The Balaban J connectivity index is 2.16. The van der Waals surface area contributed by atoms with Crippen LogP contribution in [0, 0.1) is 0 Å². The molecule has 1 saturated heterocycles. The molecule has 0 aliphatic carbocycles. The molecular weight excluding hydrogens is 346 g/mol. The van der Waals surface area contributed by atoms with Gasteiger partial charge in [0.05, 0.1) is 25.4 Å². The maximum absolute atomic E-state index is 12.9. The number of nitrogens with zero attached hydrogens (tertiary/aromatic N) is 1. The summed E-state index contributed by atoms with van der Waals surface area (Å²) in [7, 11) is 0. The van der Waals surface area contributed by atoms with Crippen LogP contribution in [-0.2, 0) is 20.8 Å². The first-order valence-corrected chi connectivity index (χ1v) is 9.57. The molecule has 0 radical (unpaired) electrons. The lowest BCUT2D eigenvalue weighted by Crippen LogP contribution is -2.53. The van der Waals surface area contributed by atoms with Crippen LogP contribution in [0.1, 0.15) is 53.0 Å². The second-order valence-corrected chi connectivity index (χ2v) is 8.38. The second-order valence-electron chi connectivity index (χ2n) is 8.38. The summed E-state index contributed by atoms with van der Waals surface area (Å²) in [5, 5.41) is 9.28. The number of hydrogen-bond acceptors (Lipinski definition) is 5. The molecule has 0 aromatic heterocycles. The van der Waals surface area contributed by atoms with Crippen LogP contribution in [-0.4, -0.2) is 52.8 Å². The number of hydrogen-bond donors (Lipinski definition) is 1. The Morgan fingerprint density at radius 1 is 1.33 bits per heavy atom. The van der Waals surface area contributed by atoms with Gasteiger partial charge in [-0.1, -0.05) is 30.3 Å². The third-order valence-electron chi connectivity index (χ3n) is 4.49. The summed E-state index contributed by atoms with van der Waals surface area (Å²) in [5.74, 6) is 0. The molecule has 6 heteroatoms. The predicted octanol–water partition coefficient (Wildman–Crippen LogP) is 3.72. The van der Waals surface area contributed by atoms with Crippen molar-refractivity contribution in [3.8, 4) is 0 Å². The van der Waals surface area contributed by atoms with Crippen molar-refractivity contribution in [2.24, 2.45) is 0 Å². The van der Waals surface area contributed by atoms with Crippen molar-refractivity contribution in [2.75, 3.05) is 13.2 Å². The standard InChI is InChI=1S/C21H33NO5/c1-20(2,3)27-19(24)22-17(15-26-21(22,4)5)18(12-9-13-23)25-14-16-10-7-6-8-11-16/h6-8,10-11,17-18,23H,9,12-15H2,1-5H3/t17-,18+/m0/s1. The van der Waals surface area contributed by atoms with E-state index in [-0.39, 0.29) is 18.8 Å². The SMILES string of the molecule is CC(C)(C)OC(=O)N1[C@H]([C@@H](CCCO)OCc2ccccc2)COC1(C)C. The van der Waals surface area contributed by atoms with Gasteiger partial charge in [-0.2, -0.15) is 0 Å². The predicted molar refractivity (Wildman–Crippen MR) is 103 cm³/mol. The van der Waals surface area contributed by atoms with Crippen molar-refractivity contribution in [2.45, 2.75) is 77.5 Å². The Kier molecular flexibility index (Phi) is 7.25. The number of carbonyl (C=O) groups excluding carboxylic acids is 1. The van der Waals surface area contributed by atoms with Gasteiger partial charge in [0.25, 0.3) is 0 Å². The fraction of sp³-hybridized carbons (Fsp3) is 0.667. The molecule has 27 heavy (non-hydrogen) atoms. The summed E-state index contributed by atoms with van der Waals surface area (Å²) in [6.07, 6.45) is 0.560. The zero-order chi connectivity index (χ0) is 20.1. The van der Waals surface area contributed by atoms with E-state index in [9.17, 15) is 9.90 Å². The molecule has 1 aliphatic rings. The molecule has 2 atom stereocenters. The Labute approximate surface area is 162 Å². The molecule has 0 spiro atoms. The van der Waals surface area contributed by atoms with E-state index in [1.807, 2.05) is 65.0 Å². The van der Waals surface area contributed by atoms with Crippen LogP contribution in [0.25, 0.3) is 0 Å². The first-order valence-electron chi connectivity index (χ1n) is 9.57. The van der Waals surface area contributed by atoms with Crippen molar-refractivity contribution in [1.29, 1.82) is 0 Å². The van der Waals surface area contributed by atoms with E-state index < -0.39 is 17.4 Å². The number of aliphatic hydroxyl groups excluding tert-OH is 1. The zero-order valence-electron chi connectivity index (χ0n) is 17.1. The molecule has 6 nitrogen and oxygen atoms in total. The molecule has 152 valence electrons. The van der Waals surface area contributed by atoms with Gasteiger partial charge in [-0.3, -0.25) is 4.90 Å². The van der Waals surface area contributed by atoms with Crippen molar-refractivity contribution < 1.29 is 24.1 Å². The van der Waals surface area contributed by atoms with Gasteiger partial charge in [-0.05, 0) is 53.0 Å². The van der Waals surface area contributed by atoms with E-state index in [4.69, 9.17) is 14.2 Å². The minimum absolute atomic E-state index is 0.0780. The molecule has 1 aromatic rings. The van der Waals surface area contributed by atoms with Gasteiger partial charge in [0.1, 0.15) is 11.3 Å². The fourth-order valence-corrected chi connectivity index (χ4v) is 3.23. The highest BCUT2D eigenvalue weighted by Crippen LogP contribution is 2.33. The molecule has 1 fully saturated rings. The van der Waals surface area contributed by atoms with Crippen molar-refractivity contribution in [1.82, 2.24) is 4.90 Å². The number of rotatable bonds is 7. The Bertz CT molecular complexity index is 596. The lowest BCUT2D eigenvalue weighted by molar-refractivity contribution is -0.0751. The summed E-state index contributed by atoms with van der Waals surface area (Å²) in [5.41, 5.74) is -0.305. The van der Waals surface area contributed by atoms with Crippen molar-refractivity contribution in [3.63, 3.8) is 0 Å². The number of benzene rings is 1. The van der Waals surface area contributed by atoms with Gasteiger partial charge in [0.15, 0.2) is 0 Å². The van der Waals surface area contributed by atoms with Gasteiger partial charge in [-0.25, -0.2) is 4.79 Å². The summed E-state index contributed by atoms with van der Waals surface area (Å²) in [6.45, 7) is 10.1. The third kappa shape index (κ3) is 6.19. The van der Waals surface area contributed by atoms with Gasteiger partial charge in [0.2, 0.25) is 0 Å². The van der Waals surface area contributed by atoms with Crippen LogP contribution in [0.4, 0.5) is 4.79 Å². The number of aliphatic hydroxyl groups is 1. The maximum Gasteiger partial charge on any atom is 0.412 e. The van der Waals surface area contributed by atoms with E-state index >= 15 is 0 Å². The summed E-state index contributed by atoms with van der Waals surface area (Å²) in [6, 6.07) is 9.63. The Morgan fingerprint density at radius 3 is 2.59 bits per heavy atom. The van der Waals surface area contributed by atoms with Gasteiger partial charge in [-0.15, -0.1) is 0 Å². The van der Waals surface area contributed by atoms with E-state index in [1.54, 1.807) is 4.90 Å². The number of ether oxygens (including phenoxy) is 3. The van der Waals surface area contributed by atoms with Crippen LogP contribution in [0.15, 0.2) is 30.3 Å². The molecule has 0 saturated carbocycles. The van der Waals surface area contributed by atoms with Gasteiger partial charge >= 0.3 is 6.09 Å². The van der Waals surface area contributed by atoms with Gasteiger partial charge in [0, 0.05) is 6.61 Å². The van der Waals surface area contributed by atoms with Crippen LogP contribution in [0.3, 0.4) is 0 Å². The zero-order valence-corrected chi connectivity index (χ0v) is 17.1. The van der Waals surface area contributed by atoms with Crippen LogP contribution in [0.5, 0.6) is 0 Å². The number of carbonyl (C=O) groups is 1. The van der Waals surface area contributed by atoms with E-state index in [2.05, 4.69) is 0 Å². The third-order valence-corrected chi connectivity index (χ3v) is 4.49. The van der Waals surface area contributed by atoms with E-state index in [0.29, 0.717) is 26.1 Å². The highest BCUT2D eigenvalue weighted by molar-refractivity contribution is 5.69. The summed E-state index contributed by atoms with van der Waals surface area (Å²) in [4.78, 5) is 14.5. The van der Waals surface area contributed by atoms with Crippen LogP contribution in [0.2, 0.25) is 0 Å². The normalized spacial score (nSPS) is 20.5. The quantitative estimate of drug-likeness (QED) is 0.782.